The van der Waals surface area contributed by atoms with Crippen LogP contribution in [0.2, 0.25) is 0 Å². The maximum atomic E-state index is 12.0. The molecule has 0 atom stereocenters. The molecule has 0 aromatic carbocycles. The number of aryl methyl sites for hydroxylation is 2. The van der Waals surface area contributed by atoms with Crippen molar-refractivity contribution < 1.29 is 4.39 Å². The van der Waals surface area contributed by atoms with Gasteiger partial charge in [0, 0.05) is 6.54 Å². The van der Waals surface area contributed by atoms with Crippen LogP contribution in [0, 0.1) is 6.92 Å². The Balaban J connectivity index is 2.51. The van der Waals surface area contributed by atoms with E-state index in [1.807, 2.05) is 12.3 Å². The molecule has 3 nitrogen and oxygen atoms in total. The van der Waals surface area contributed by atoms with E-state index in [2.05, 4.69) is 4.98 Å². The number of hydrogen-bond donors (Lipinski definition) is 0. The summed E-state index contributed by atoms with van der Waals surface area (Å²) in [5.41, 5.74) is 1.72. The topological polar surface area (TPSA) is 34.9 Å². The van der Waals surface area contributed by atoms with Crippen molar-refractivity contribution in [1.29, 1.82) is 0 Å². The Morgan fingerprint density at radius 3 is 3.13 bits per heavy atom. The van der Waals surface area contributed by atoms with Gasteiger partial charge in [0.1, 0.15) is 4.70 Å². The summed E-state index contributed by atoms with van der Waals surface area (Å²) in [6, 6.07) is 0. The second kappa shape index (κ2) is 4.10. The molecule has 0 N–H and O–H groups in total. The Kier molecular flexibility index (Phi) is 2.81. The van der Waals surface area contributed by atoms with Crippen LogP contribution >= 0.6 is 11.3 Å². The van der Waals surface area contributed by atoms with Crippen molar-refractivity contribution in [1.82, 2.24) is 9.55 Å². The highest BCUT2D eigenvalue weighted by Crippen LogP contribution is 2.19. The molecular weight excluding hydrogens is 215 g/mol. The van der Waals surface area contributed by atoms with E-state index in [1.165, 1.54) is 22.2 Å². The average Bonchev–Trinajstić information content (AvgIpc) is 2.61. The molecule has 5 heteroatoms. The first-order chi connectivity index (χ1) is 7.24. The molecule has 0 saturated carbocycles. The van der Waals surface area contributed by atoms with Crippen LogP contribution in [0.1, 0.15) is 12.0 Å². The fourth-order valence-corrected chi connectivity index (χ4v) is 2.40. The third kappa shape index (κ3) is 1.79. The summed E-state index contributed by atoms with van der Waals surface area (Å²) in [4.78, 5) is 16.1. The van der Waals surface area contributed by atoms with E-state index < -0.39 is 6.67 Å². The van der Waals surface area contributed by atoms with Gasteiger partial charge >= 0.3 is 0 Å². The maximum Gasteiger partial charge on any atom is 0.271 e. The van der Waals surface area contributed by atoms with Gasteiger partial charge in [-0.15, -0.1) is 11.3 Å². The SMILES string of the molecule is Cc1csc2c(=O)n(CCCF)cnc12. The zero-order valence-corrected chi connectivity index (χ0v) is 9.18. The molecule has 0 spiro atoms. The number of nitrogens with zero attached hydrogens (tertiary/aromatic N) is 2. The smallest absolute Gasteiger partial charge is 0.271 e. The largest absolute Gasteiger partial charge is 0.298 e. The number of halogens is 1. The van der Waals surface area contributed by atoms with Crippen molar-refractivity contribution in [3.63, 3.8) is 0 Å². The third-order valence-corrected chi connectivity index (χ3v) is 3.33. The van der Waals surface area contributed by atoms with E-state index in [0.29, 0.717) is 17.7 Å². The minimum absolute atomic E-state index is 0.0634. The maximum absolute atomic E-state index is 12.0. The van der Waals surface area contributed by atoms with Gasteiger partial charge in [-0.25, -0.2) is 4.98 Å². The molecule has 15 heavy (non-hydrogen) atoms. The molecule has 0 aliphatic rings. The molecule has 0 unspecified atom stereocenters. The van der Waals surface area contributed by atoms with Gasteiger partial charge in [-0.05, 0) is 24.3 Å². The van der Waals surface area contributed by atoms with Crippen LogP contribution in [0.25, 0.3) is 10.2 Å². The zero-order chi connectivity index (χ0) is 10.8. The summed E-state index contributed by atoms with van der Waals surface area (Å²) in [6.07, 6.45) is 1.86. The summed E-state index contributed by atoms with van der Waals surface area (Å²) >= 11 is 1.40. The molecule has 2 aromatic rings. The average molecular weight is 226 g/mol. The lowest BCUT2D eigenvalue weighted by Gasteiger charge is -2.02. The minimum Gasteiger partial charge on any atom is -0.298 e. The van der Waals surface area contributed by atoms with E-state index >= 15 is 0 Å². The molecule has 0 fully saturated rings. The number of thiophene rings is 1. The fourth-order valence-electron chi connectivity index (χ4n) is 1.45. The highest BCUT2D eigenvalue weighted by Gasteiger charge is 2.07. The standard InChI is InChI=1S/C10H11FN2OS/c1-7-5-15-9-8(7)12-6-13(10(9)14)4-2-3-11/h5-6H,2-4H2,1H3. The molecule has 0 radical (unpaired) electrons. The van der Waals surface area contributed by atoms with Crippen molar-refractivity contribution in [3.8, 4) is 0 Å². The van der Waals surface area contributed by atoms with Crippen LogP contribution in [0.3, 0.4) is 0 Å². The van der Waals surface area contributed by atoms with E-state index in [-0.39, 0.29) is 5.56 Å². The quantitative estimate of drug-likeness (QED) is 0.803. The predicted octanol–water partition coefficient (Wildman–Crippen LogP) is 2.13. The molecule has 0 bridgehead atoms. The highest BCUT2D eigenvalue weighted by atomic mass is 32.1. The van der Waals surface area contributed by atoms with Crippen LogP contribution in [-0.2, 0) is 6.54 Å². The number of fused-ring (bicyclic) bond motifs is 1. The van der Waals surface area contributed by atoms with Gasteiger partial charge in [0.05, 0.1) is 18.5 Å². The first kappa shape index (κ1) is 10.3. The minimum atomic E-state index is -0.409. The Morgan fingerprint density at radius 1 is 1.60 bits per heavy atom. The fraction of sp³-hybridized carbons (Fsp3) is 0.400. The Labute approximate surface area is 90.2 Å². The summed E-state index contributed by atoms with van der Waals surface area (Å²) in [7, 11) is 0. The van der Waals surface area contributed by atoms with Crippen LogP contribution in [0.4, 0.5) is 4.39 Å². The summed E-state index contributed by atoms with van der Waals surface area (Å²) < 4.78 is 14.1. The van der Waals surface area contributed by atoms with Crippen LogP contribution in [0.5, 0.6) is 0 Å². The van der Waals surface area contributed by atoms with Gasteiger partial charge < -0.3 is 0 Å². The first-order valence-corrected chi connectivity index (χ1v) is 5.61. The first-order valence-electron chi connectivity index (χ1n) is 4.73. The van der Waals surface area contributed by atoms with Gasteiger partial charge in [-0.3, -0.25) is 13.8 Å². The second-order valence-corrected chi connectivity index (χ2v) is 4.26. The van der Waals surface area contributed by atoms with Crippen molar-refractivity contribution in [2.45, 2.75) is 19.9 Å². The van der Waals surface area contributed by atoms with E-state index in [1.54, 1.807) is 0 Å². The summed E-state index contributed by atoms with van der Waals surface area (Å²) in [5.74, 6) is 0. The van der Waals surface area contributed by atoms with Gasteiger partial charge in [-0.2, -0.15) is 0 Å². The molecule has 0 aliphatic heterocycles. The molecule has 2 heterocycles. The van der Waals surface area contributed by atoms with Crippen LogP contribution in [-0.4, -0.2) is 16.2 Å². The van der Waals surface area contributed by atoms with E-state index in [4.69, 9.17) is 0 Å². The molecular formula is C10H11FN2OS. The monoisotopic (exact) mass is 226 g/mol. The lowest BCUT2D eigenvalue weighted by Crippen LogP contribution is -2.20. The van der Waals surface area contributed by atoms with Crippen molar-refractivity contribution in [3.05, 3.63) is 27.6 Å². The molecule has 0 amide bonds. The third-order valence-electron chi connectivity index (χ3n) is 2.26. The number of alkyl halides is 1. The second-order valence-electron chi connectivity index (χ2n) is 3.38. The van der Waals surface area contributed by atoms with Crippen LogP contribution in [0.15, 0.2) is 16.5 Å². The van der Waals surface area contributed by atoms with Gasteiger partial charge in [0.25, 0.3) is 5.56 Å². The van der Waals surface area contributed by atoms with E-state index in [9.17, 15) is 9.18 Å². The van der Waals surface area contributed by atoms with Gasteiger partial charge in [0.2, 0.25) is 0 Å². The number of hydrogen-bond acceptors (Lipinski definition) is 3. The summed E-state index contributed by atoms with van der Waals surface area (Å²) in [5, 5.41) is 1.92. The van der Waals surface area contributed by atoms with Gasteiger partial charge in [-0.1, -0.05) is 0 Å². The van der Waals surface area contributed by atoms with Crippen molar-refractivity contribution >= 4 is 21.6 Å². The van der Waals surface area contributed by atoms with E-state index in [0.717, 1.165) is 11.1 Å². The lowest BCUT2D eigenvalue weighted by atomic mass is 10.3. The molecule has 2 rings (SSSR count). The Bertz CT molecular complexity index is 532. The molecule has 80 valence electrons. The Morgan fingerprint density at radius 2 is 2.40 bits per heavy atom. The Hall–Kier alpha value is -1.23. The lowest BCUT2D eigenvalue weighted by molar-refractivity contribution is 0.443. The molecule has 2 aromatic heterocycles. The van der Waals surface area contributed by atoms with Gasteiger partial charge in [0.15, 0.2) is 0 Å². The zero-order valence-electron chi connectivity index (χ0n) is 8.36. The van der Waals surface area contributed by atoms with Crippen molar-refractivity contribution in [2.24, 2.45) is 0 Å². The summed E-state index contributed by atoms with van der Waals surface area (Å²) in [6.45, 7) is 1.92. The normalized spacial score (nSPS) is 11.1. The predicted molar refractivity (Wildman–Crippen MR) is 59.2 cm³/mol. The van der Waals surface area contributed by atoms with Crippen LogP contribution < -0.4 is 5.56 Å². The van der Waals surface area contributed by atoms with Crippen molar-refractivity contribution in [2.75, 3.05) is 6.67 Å². The number of rotatable bonds is 3. The molecule has 0 aliphatic carbocycles. The number of aromatic nitrogens is 2. The molecule has 0 saturated heterocycles. The highest BCUT2D eigenvalue weighted by molar-refractivity contribution is 7.17.